The summed E-state index contributed by atoms with van der Waals surface area (Å²) in [5.41, 5.74) is 1.07. The Hall–Kier alpha value is -2.51. The van der Waals surface area contributed by atoms with Gasteiger partial charge in [-0.05, 0) is 23.6 Å². The molecule has 26 heavy (non-hydrogen) atoms. The van der Waals surface area contributed by atoms with E-state index >= 15 is 0 Å². The molecular weight excluding hydrogens is 348 g/mol. The van der Waals surface area contributed by atoms with E-state index in [1.807, 2.05) is 24.3 Å². The molecule has 1 saturated heterocycles. The van der Waals surface area contributed by atoms with Crippen molar-refractivity contribution in [2.75, 3.05) is 26.2 Å². The summed E-state index contributed by atoms with van der Waals surface area (Å²) in [4.78, 5) is 35.2. The van der Waals surface area contributed by atoms with Gasteiger partial charge in [-0.3, -0.25) is 14.5 Å². The van der Waals surface area contributed by atoms with Crippen molar-refractivity contribution in [3.8, 4) is 0 Å². The topological polar surface area (TPSA) is 58.4 Å². The number of hydrogen-bond acceptors (Lipinski definition) is 5. The minimum absolute atomic E-state index is 0.0120. The number of aromatic nitrogens is 2. The van der Waals surface area contributed by atoms with Gasteiger partial charge < -0.3 is 9.47 Å². The van der Waals surface area contributed by atoms with Crippen molar-refractivity contribution in [2.45, 2.75) is 6.54 Å². The zero-order valence-electron chi connectivity index (χ0n) is 14.6. The summed E-state index contributed by atoms with van der Waals surface area (Å²) in [5, 5.41) is 2.08. The van der Waals surface area contributed by atoms with Gasteiger partial charge in [-0.15, -0.1) is 11.3 Å². The molecule has 1 aliphatic rings. The van der Waals surface area contributed by atoms with E-state index in [0.29, 0.717) is 18.6 Å². The maximum Gasteiger partial charge on any atom is 0.282 e. The lowest BCUT2D eigenvalue weighted by Crippen LogP contribution is -2.49. The second kappa shape index (κ2) is 7.01. The van der Waals surface area contributed by atoms with Crippen LogP contribution in [0.3, 0.4) is 0 Å². The van der Waals surface area contributed by atoms with Crippen molar-refractivity contribution in [3.05, 3.63) is 62.7 Å². The Morgan fingerprint density at radius 2 is 1.88 bits per heavy atom. The highest BCUT2D eigenvalue weighted by Crippen LogP contribution is 2.15. The first kappa shape index (κ1) is 16.9. The zero-order chi connectivity index (χ0) is 18.1. The van der Waals surface area contributed by atoms with E-state index in [1.54, 1.807) is 23.3 Å². The fourth-order valence-electron chi connectivity index (χ4n) is 3.30. The minimum atomic E-state index is -0.338. The van der Waals surface area contributed by atoms with E-state index in [0.717, 1.165) is 25.2 Å². The molecule has 3 aromatic rings. The molecule has 6 nitrogen and oxygen atoms in total. The van der Waals surface area contributed by atoms with Crippen molar-refractivity contribution in [1.29, 1.82) is 0 Å². The highest BCUT2D eigenvalue weighted by molar-refractivity contribution is 7.09. The van der Waals surface area contributed by atoms with Gasteiger partial charge in [0.2, 0.25) is 0 Å². The Morgan fingerprint density at radius 1 is 1.12 bits per heavy atom. The van der Waals surface area contributed by atoms with E-state index in [-0.39, 0.29) is 17.2 Å². The SMILES string of the molecule is Cn1c(=O)c(C(=O)N2CCN(Cc3cccs3)CC2)nc2ccccc21. The molecule has 0 atom stereocenters. The number of amides is 1. The maximum absolute atomic E-state index is 12.9. The average Bonchev–Trinajstić information content (AvgIpc) is 3.18. The van der Waals surface area contributed by atoms with Gasteiger partial charge in [0.1, 0.15) is 0 Å². The van der Waals surface area contributed by atoms with Crippen LogP contribution in [0.5, 0.6) is 0 Å². The molecule has 1 aliphatic heterocycles. The first-order chi connectivity index (χ1) is 12.6. The van der Waals surface area contributed by atoms with Gasteiger partial charge in [0, 0.05) is 44.6 Å². The van der Waals surface area contributed by atoms with Crippen LogP contribution in [0.15, 0.2) is 46.6 Å². The van der Waals surface area contributed by atoms with Gasteiger partial charge in [-0.25, -0.2) is 4.98 Å². The van der Waals surface area contributed by atoms with Crippen LogP contribution < -0.4 is 5.56 Å². The fourth-order valence-corrected chi connectivity index (χ4v) is 4.05. The molecule has 1 fully saturated rings. The van der Waals surface area contributed by atoms with Crippen molar-refractivity contribution >= 4 is 28.3 Å². The summed E-state index contributed by atoms with van der Waals surface area (Å²) < 4.78 is 1.50. The number of fused-ring (bicyclic) bond motifs is 1. The van der Waals surface area contributed by atoms with E-state index in [2.05, 4.69) is 27.4 Å². The molecule has 0 aliphatic carbocycles. The predicted octanol–water partition coefficient (Wildman–Crippen LogP) is 1.95. The monoisotopic (exact) mass is 368 g/mol. The Bertz CT molecular complexity index is 988. The Morgan fingerprint density at radius 3 is 2.62 bits per heavy atom. The number of para-hydroxylation sites is 2. The molecule has 134 valence electrons. The quantitative estimate of drug-likeness (QED) is 0.709. The summed E-state index contributed by atoms with van der Waals surface area (Å²) in [6, 6.07) is 11.6. The highest BCUT2D eigenvalue weighted by Gasteiger charge is 2.26. The number of benzene rings is 1. The second-order valence-corrected chi connectivity index (χ2v) is 7.49. The maximum atomic E-state index is 12.9. The zero-order valence-corrected chi connectivity index (χ0v) is 15.4. The standard InChI is InChI=1S/C19H20N4O2S/c1-21-16-7-3-2-6-15(16)20-17(18(21)24)19(25)23-10-8-22(9-11-23)13-14-5-4-12-26-14/h2-7,12H,8-11,13H2,1H3. The summed E-state index contributed by atoms with van der Waals surface area (Å²) in [6.45, 7) is 3.74. The van der Waals surface area contributed by atoms with Crippen LogP contribution in [0.25, 0.3) is 11.0 Å². The number of thiophene rings is 1. The molecule has 3 heterocycles. The number of piperazine rings is 1. The van der Waals surface area contributed by atoms with Crippen LogP contribution in [0.2, 0.25) is 0 Å². The van der Waals surface area contributed by atoms with Gasteiger partial charge in [0.05, 0.1) is 11.0 Å². The molecule has 0 saturated carbocycles. The number of aryl methyl sites for hydroxylation is 1. The predicted molar refractivity (Wildman–Crippen MR) is 102 cm³/mol. The van der Waals surface area contributed by atoms with Crippen molar-refractivity contribution in [2.24, 2.45) is 7.05 Å². The van der Waals surface area contributed by atoms with Crippen LogP contribution in [-0.2, 0) is 13.6 Å². The summed E-state index contributed by atoms with van der Waals surface area (Å²) >= 11 is 1.75. The van der Waals surface area contributed by atoms with Gasteiger partial charge >= 0.3 is 0 Å². The Labute approximate surface area is 155 Å². The highest BCUT2D eigenvalue weighted by atomic mass is 32.1. The molecule has 7 heteroatoms. The normalized spacial score (nSPS) is 15.5. The van der Waals surface area contributed by atoms with E-state index in [4.69, 9.17) is 0 Å². The molecule has 0 radical (unpaired) electrons. The summed E-state index contributed by atoms with van der Waals surface area (Å²) in [5.74, 6) is -0.271. The average molecular weight is 368 g/mol. The molecule has 1 amide bonds. The van der Waals surface area contributed by atoms with Gasteiger partial charge in [-0.2, -0.15) is 0 Å². The van der Waals surface area contributed by atoms with Crippen LogP contribution in [0.1, 0.15) is 15.4 Å². The first-order valence-corrected chi connectivity index (χ1v) is 9.51. The van der Waals surface area contributed by atoms with Crippen LogP contribution in [-0.4, -0.2) is 51.4 Å². The molecule has 1 aromatic carbocycles. The van der Waals surface area contributed by atoms with Crippen molar-refractivity contribution < 1.29 is 4.79 Å². The Balaban J connectivity index is 1.51. The first-order valence-electron chi connectivity index (χ1n) is 8.63. The van der Waals surface area contributed by atoms with Crippen molar-refractivity contribution in [3.63, 3.8) is 0 Å². The molecule has 4 rings (SSSR count). The lowest BCUT2D eigenvalue weighted by Gasteiger charge is -2.34. The van der Waals surface area contributed by atoms with Crippen molar-refractivity contribution in [1.82, 2.24) is 19.4 Å². The van der Waals surface area contributed by atoms with E-state index < -0.39 is 0 Å². The molecule has 0 unspecified atom stereocenters. The number of carbonyl (C=O) groups excluding carboxylic acids is 1. The van der Waals surface area contributed by atoms with E-state index in [9.17, 15) is 9.59 Å². The third kappa shape index (κ3) is 3.15. The number of carbonyl (C=O) groups is 1. The van der Waals surface area contributed by atoms with Crippen LogP contribution in [0, 0.1) is 0 Å². The van der Waals surface area contributed by atoms with E-state index in [1.165, 1.54) is 9.44 Å². The van der Waals surface area contributed by atoms with Gasteiger partial charge in [-0.1, -0.05) is 18.2 Å². The van der Waals surface area contributed by atoms with Crippen LogP contribution in [0.4, 0.5) is 0 Å². The Kier molecular flexibility index (Phi) is 4.57. The smallest absolute Gasteiger partial charge is 0.282 e. The number of nitrogens with zero attached hydrogens (tertiary/aromatic N) is 4. The molecule has 2 aromatic heterocycles. The molecular formula is C19H20N4O2S. The second-order valence-electron chi connectivity index (χ2n) is 6.46. The molecule has 0 bridgehead atoms. The van der Waals surface area contributed by atoms with Gasteiger partial charge in [0.15, 0.2) is 5.69 Å². The fraction of sp³-hybridized carbons (Fsp3) is 0.316. The van der Waals surface area contributed by atoms with Crippen LogP contribution >= 0.6 is 11.3 Å². The summed E-state index contributed by atoms with van der Waals surface area (Å²) in [6.07, 6.45) is 0. The largest absolute Gasteiger partial charge is 0.335 e. The lowest BCUT2D eigenvalue weighted by molar-refractivity contribution is 0.0622. The number of rotatable bonds is 3. The third-order valence-electron chi connectivity index (χ3n) is 4.80. The lowest BCUT2D eigenvalue weighted by atomic mass is 10.2. The third-order valence-corrected chi connectivity index (χ3v) is 5.67. The number of hydrogen-bond donors (Lipinski definition) is 0. The molecule has 0 spiro atoms. The van der Waals surface area contributed by atoms with Gasteiger partial charge in [0.25, 0.3) is 11.5 Å². The minimum Gasteiger partial charge on any atom is -0.335 e. The summed E-state index contributed by atoms with van der Waals surface area (Å²) in [7, 11) is 1.68. The molecule has 0 N–H and O–H groups in total.